The minimum absolute atomic E-state index is 0.0971. The van der Waals surface area contributed by atoms with E-state index in [2.05, 4.69) is 16.9 Å². The van der Waals surface area contributed by atoms with Crippen LogP contribution in [0.4, 0.5) is 0 Å². The van der Waals surface area contributed by atoms with Crippen LogP contribution in [0.25, 0.3) is 10.8 Å². The Labute approximate surface area is 134 Å². The maximum absolute atomic E-state index is 12.8. The molecule has 1 fully saturated rings. The van der Waals surface area contributed by atoms with Gasteiger partial charge in [0.15, 0.2) is 10.8 Å². The van der Waals surface area contributed by atoms with E-state index in [1.165, 1.54) is 11.3 Å². The highest BCUT2D eigenvalue weighted by molar-refractivity contribution is 7.17. The number of hydrogen-bond acceptors (Lipinski definition) is 5. The number of rotatable bonds is 2. The summed E-state index contributed by atoms with van der Waals surface area (Å²) >= 11 is 1.43. The van der Waals surface area contributed by atoms with Gasteiger partial charge in [-0.15, -0.1) is 11.3 Å². The van der Waals surface area contributed by atoms with Crippen LogP contribution < -0.4 is 0 Å². The van der Waals surface area contributed by atoms with Gasteiger partial charge >= 0.3 is 0 Å². The molecule has 0 aromatic carbocycles. The van der Waals surface area contributed by atoms with E-state index >= 15 is 0 Å². The van der Waals surface area contributed by atoms with Crippen molar-refractivity contribution in [2.45, 2.75) is 20.3 Å². The molecule has 0 radical (unpaired) electrons. The first-order valence-electron chi connectivity index (χ1n) is 7.56. The first kappa shape index (κ1) is 15.2. The number of amides is 1. The normalized spacial score (nSPS) is 16.8. The van der Waals surface area contributed by atoms with E-state index in [9.17, 15) is 4.79 Å². The largest absolute Gasteiger partial charge is 0.459 e. The van der Waals surface area contributed by atoms with Gasteiger partial charge in [-0.3, -0.25) is 4.79 Å². The second-order valence-corrected chi connectivity index (χ2v) is 6.79. The molecule has 0 unspecified atom stereocenters. The first-order chi connectivity index (χ1) is 10.5. The molecule has 0 saturated carbocycles. The van der Waals surface area contributed by atoms with Gasteiger partial charge in [-0.2, -0.15) is 0 Å². The molecule has 118 valence electrons. The predicted octanol–water partition coefficient (Wildman–Crippen LogP) is 2.80. The third-order valence-electron chi connectivity index (χ3n) is 3.95. The Balaban J connectivity index is 1.82. The zero-order chi connectivity index (χ0) is 15.7. The molecule has 5 nitrogen and oxygen atoms in total. The molecule has 6 heteroatoms. The van der Waals surface area contributed by atoms with Crippen LogP contribution in [0.2, 0.25) is 0 Å². The summed E-state index contributed by atoms with van der Waals surface area (Å²) in [5.41, 5.74) is 0.789. The maximum Gasteiger partial charge on any atom is 0.265 e. The first-order valence-corrected chi connectivity index (χ1v) is 8.38. The van der Waals surface area contributed by atoms with E-state index in [0.29, 0.717) is 0 Å². The fourth-order valence-corrected chi connectivity index (χ4v) is 3.64. The van der Waals surface area contributed by atoms with Gasteiger partial charge in [0.25, 0.3) is 5.91 Å². The van der Waals surface area contributed by atoms with Crippen molar-refractivity contribution in [1.29, 1.82) is 0 Å². The third kappa shape index (κ3) is 3.08. The van der Waals surface area contributed by atoms with Crippen molar-refractivity contribution in [3.63, 3.8) is 0 Å². The highest BCUT2D eigenvalue weighted by atomic mass is 32.1. The summed E-state index contributed by atoms with van der Waals surface area (Å²) in [5.74, 6) is 1.69. The minimum atomic E-state index is 0.0971. The Hall–Kier alpha value is -1.66. The van der Waals surface area contributed by atoms with Crippen LogP contribution in [0.5, 0.6) is 0 Å². The second kappa shape index (κ2) is 6.22. The molecule has 0 aliphatic carbocycles. The molecule has 1 saturated heterocycles. The van der Waals surface area contributed by atoms with Crippen LogP contribution in [-0.2, 0) is 0 Å². The smallest absolute Gasteiger partial charge is 0.265 e. The van der Waals surface area contributed by atoms with Crippen molar-refractivity contribution in [2.75, 3.05) is 33.2 Å². The fraction of sp³-hybridized carbons (Fsp3) is 0.500. The monoisotopic (exact) mass is 319 g/mol. The van der Waals surface area contributed by atoms with Crippen LogP contribution >= 0.6 is 11.3 Å². The highest BCUT2D eigenvalue weighted by Gasteiger charge is 2.24. The SMILES string of the molecule is Cc1ccc(-c2nc(C)c(C(=O)N3CCCN(C)CC3)s2)o1. The van der Waals surface area contributed by atoms with Crippen molar-refractivity contribution in [3.8, 4) is 10.8 Å². The molecule has 0 spiro atoms. The number of furan rings is 1. The average molecular weight is 319 g/mol. The van der Waals surface area contributed by atoms with Gasteiger partial charge in [0.2, 0.25) is 0 Å². The zero-order valence-electron chi connectivity index (χ0n) is 13.3. The van der Waals surface area contributed by atoms with Gasteiger partial charge in [-0.05, 0) is 46.0 Å². The van der Waals surface area contributed by atoms with Crippen molar-refractivity contribution in [2.24, 2.45) is 0 Å². The number of carbonyl (C=O) groups is 1. The molecular formula is C16H21N3O2S. The molecule has 1 aliphatic heterocycles. The Morgan fingerprint density at radius 2 is 2.05 bits per heavy atom. The summed E-state index contributed by atoms with van der Waals surface area (Å²) in [6.07, 6.45) is 1.02. The van der Waals surface area contributed by atoms with Crippen LogP contribution in [0.15, 0.2) is 16.5 Å². The summed E-state index contributed by atoms with van der Waals surface area (Å²) in [7, 11) is 2.10. The van der Waals surface area contributed by atoms with Gasteiger partial charge in [0, 0.05) is 19.6 Å². The Morgan fingerprint density at radius 1 is 1.23 bits per heavy atom. The Morgan fingerprint density at radius 3 is 2.77 bits per heavy atom. The lowest BCUT2D eigenvalue weighted by Crippen LogP contribution is -2.34. The number of carbonyl (C=O) groups excluding carboxylic acids is 1. The van der Waals surface area contributed by atoms with E-state index in [-0.39, 0.29) is 5.91 Å². The Bertz CT molecular complexity index is 677. The highest BCUT2D eigenvalue weighted by Crippen LogP contribution is 2.30. The topological polar surface area (TPSA) is 49.6 Å². The fourth-order valence-electron chi connectivity index (χ4n) is 2.64. The predicted molar refractivity (Wildman–Crippen MR) is 87.3 cm³/mol. The number of aryl methyl sites for hydroxylation is 2. The van der Waals surface area contributed by atoms with E-state index < -0.39 is 0 Å². The molecule has 2 aromatic rings. The molecule has 22 heavy (non-hydrogen) atoms. The minimum Gasteiger partial charge on any atom is -0.459 e. The second-order valence-electron chi connectivity index (χ2n) is 5.79. The van der Waals surface area contributed by atoms with Crippen molar-refractivity contribution in [1.82, 2.24) is 14.8 Å². The quantitative estimate of drug-likeness (QED) is 0.854. The molecule has 0 atom stereocenters. The number of likely N-dealkylation sites (N-methyl/N-ethyl adjacent to an activating group) is 1. The summed E-state index contributed by atoms with van der Waals surface area (Å²) in [6.45, 7) is 7.37. The molecule has 2 aromatic heterocycles. The van der Waals surface area contributed by atoms with E-state index in [0.717, 1.165) is 59.7 Å². The zero-order valence-corrected chi connectivity index (χ0v) is 14.1. The number of nitrogens with zero attached hydrogens (tertiary/aromatic N) is 3. The molecule has 3 heterocycles. The van der Waals surface area contributed by atoms with Gasteiger partial charge in [0.1, 0.15) is 10.6 Å². The lowest BCUT2D eigenvalue weighted by atomic mass is 10.3. The summed E-state index contributed by atoms with van der Waals surface area (Å²) in [4.78, 5) is 22.2. The molecule has 0 N–H and O–H groups in total. The third-order valence-corrected chi connectivity index (χ3v) is 5.11. The van der Waals surface area contributed by atoms with Crippen LogP contribution in [-0.4, -0.2) is 53.9 Å². The van der Waals surface area contributed by atoms with E-state index in [1.807, 2.05) is 30.9 Å². The Kier molecular flexibility index (Phi) is 4.31. The molecular weight excluding hydrogens is 298 g/mol. The van der Waals surface area contributed by atoms with E-state index in [1.54, 1.807) is 0 Å². The van der Waals surface area contributed by atoms with Gasteiger partial charge in [0.05, 0.1) is 5.69 Å². The van der Waals surface area contributed by atoms with Crippen molar-refractivity contribution < 1.29 is 9.21 Å². The molecule has 1 aliphatic rings. The van der Waals surface area contributed by atoms with E-state index in [4.69, 9.17) is 4.42 Å². The van der Waals surface area contributed by atoms with Crippen LogP contribution in [0.3, 0.4) is 0 Å². The summed E-state index contributed by atoms with van der Waals surface area (Å²) in [5, 5.41) is 0.779. The van der Waals surface area contributed by atoms with Crippen molar-refractivity contribution >= 4 is 17.2 Å². The summed E-state index contributed by atoms with van der Waals surface area (Å²) < 4.78 is 5.61. The van der Waals surface area contributed by atoms with Crippen LogP contribution in [0, 0.1) is 13.8 Å². The molecule has 1 amide bonds. The van der Waals surface area contributed by atoms with Gasteiger partial charge in [-0.25, -0.2) is 4.98 Å². The lowest BCUT2D eigenvalue weighted by molar-refractivity contribution is 0.0766. The van der Waals surface area contributed by atoms with Gasteiger partial charge in [-0.1, -0.05) is 0 Å². The average Bonchev–Trinajstić information content (AvgIpc) is 3.01. The maximum atomic E-state index is 12.8. The number of thiazole rings is 1. The lowest BCUT2D eigenvalue weighted by Gasteiger charge is -2.19. The molecule has 0 bridgehead atoms. The van der Waals surface area contributed by atoms with Gasteiger partial charge < -0.3 is 14.2 Å². The number of hydrogen-bond donors (Lipinski definition) is 0. The number of aromatic nitrogens is 1. The standard InChI is InChI=1S/C16H21N3O2S/c1-11-5-6-13(21-11)15-17-12(2)14(22-15)16(20)19-8-4-7-18(3)9-10-19/h5-6H,4,7-10H2,1-3H3. The molecule has 3 rings (SSSR count). The summed E-state index contributed by atoms with van der Waals surface area (Å²) in [6, 6.07) is 3.82. The van der Waals surface area contributed by atoms with Crippen molar-refractivity contribution in [3.05, 3.63) is 28.5 Å². The van der Waals surface area contributed by atoms with Crippen LogP contribution in [0.1, 0.15) is 27.5 Å².